The highest BCUT2D eigenvalue weighted by Gasteiger charge is 2.27. The maximum Gasteiger partial charge on any atom is 0.419 e. The molecule has 158 valence electrons. The Balaban J connectivity index is 2.43. The van der Waals surface area contributed by atoms with Gasteiger partial charge in [0.1, 0.15) is 18.0 Å². The lowest BCUT2D eigenvalue weighted by Gasteiger charge is -2.24. The van der Waals surface area contributed by atoms with Gasteiger partial charge in [0.25, 0.3) is 0 Å². The van der Waals surface area contributed by atoms with Crippen molar-refractivity contribution in [3.8, 4) is 5.75 Å². The van der Waals surface area contributed by atoms with Crippen molar-refractivity contribution in [2.24, 2.45) is 0 Å². The van der Waals surface area contributed by atoms with Gasteiger partial charge >= 0.3 is 18.0 Å². The summed E-state index contributed by atoms with van der Waals surface area (Å²) in [7, 11) is 3.91. The average molecular weight is 404 g/mol. The van der Waals surface area contributed by atoms with Crippen molar-refractivity contribution in [2.45, 2.75) is 39.7 Å². The molecule has 0 aliphatic heterocycles. The first-order valence-corrected chi connectivity index (χ1v) is 9.33. The number of likely N-dealkylation sites (N-methyl/N-ethyl adjacent to an activating group) is 1. The van der Waals surface area contributed by atoms with E-state index in [1.54, 1.807) is 38.2 Å². The molecule has 1 aromatic heterocycles. The van der Waals surface area contributed by atoms with Gasteiger partial charge in [-0.25, -0.2) is 4.79 Å². The van der Waals surface area contributed by atoms with Gasteiger partial charge in [0.15, 0.2) is 0 Å². The SMILES string of the molecule is CC(=O)OCC(C)(C)OC(=O)n1cc(CCN(C)C)c2c(OC(C)=O)cccc21. The lowest BCUT2D eigenvalue weighted by Crippen LogP contribution is -2.35. The molecule has 8 nitrogen and oxygen atoms in total. The second-order valence-corrected chi connectivity index (χ2v) is 7.73. The zero-order chi connectivity index (χ0) is 21.8. The summed E-state index contributed by atoms with van der Waals surface area (Å²) in [6.45, 7) is 6.65. The van der Waals surface area contributed by atoms with Crippen LogP contribution in [0.15, 0.2) is 24.4 Å². The first kappa shape index (κ1) is 22.4. The Morgan fingerprint density at radius 1 is 1.10 bits per heavy atom. The second kappa shape index (κ2) is 9.09. The Morgan fingerprint density at radius 2 is 1.79 bits per heavy atom. The molecule has 0 saturated heterocycles. The largest absolute Gasteiger partial charge is 0.462 e. The summed E-state index contributed by atoms with van der Waals surface area (Å²) >= 11 is 0. The molecular weight excluding hydrogens is 376 g/mol. The minimum Gasteiger partial charge on any atom is -0.462 e. The molecule has 0 bridgehead atoms. The molecule has 0 aliphatic carbocycles. The molecule has 0 N–H and O–H groups in total. The van der Waals surface area contributed by atoms with E-state index >= 15 is 0 Å². The van der Waals surface area contributed by atoms with E-state index in [0.717, 1.165) is 12.1 Å². The summed E-state index contributed by atoms with van der Waals surface area (Å²) in [6, 6.07) is 5.18. The van der Waals surface area contributed by atoms with E-state index in [-0.39, 0.29) is 6.61 Å². The number of esters is 2. The van der Waals surface area contributed by atoms with Gasteiger partial charge in [-0.15, -0.1) is 0 Å². The summed E-state index contributed by atoms with van der Waals surface area (Å²) in [6.07, 6.45) is 1.74. The van der Waals surface area contributed by atoms with Crippen molar-refractivity contribution >= 4 is 28.9 Å². The summed E-state index contributed by atoms with van der Waals surface area (Å²) in [4.78, 5) is 37.5. The molecule has 0 spiro atoms. The molecule has 1 aromatic carbocycles. The molecule has 0 unspecified atom stereocenters. The fourth-order valence-corrected chi connectivity index (χ4v) is 2.85. The highest BCUT2D eigenvalue weighted by atomic mass is 16.6. The van der Waals surface area contributed by atoms with Crippen LogP contribution < -0.4 is 4.74 Å². The molecule has 29 heavy (non-hydrogen) atoms. The van der Waals surface area contributed by atoms with Crippen molar-refractivity contribution in [3.05, 3.63) is 30.0 Å². The predicted octanol–water partition coefficient (Wildman–Crippen LogP) is 3.00. The fourth-order valence-electron chi connectivity index (χ4n) is 2.85. The van der Waals surface area contributed by atoms with E-state index in [2.05, 4.69) is 0 Å². The third-order valence-electron chi connectivity index (χ3n) is 4.14. The van der Waals surface area contributed by atoms with Gasteiger partial charge in [0.05, 0.1) is 5.52 Å². The van der Waals surface area contributed by atoms with Crippen LogP contribution in [0.5, 0.6) is 5.75 Å². The Kier molecular flexibility index (Phi) is 7.02. The summed E-state index contributed by atoms with van der Waals surface area (Å²) < 4.78 is 17.3. The summed E-state index contributed by atoms with van der Waals surface area (Å²) in [5.74, 6) is -0.485. The number of hydrogen-bond acceptors (Lipinski definition) is 7. The minimum absolute atomic E-state index is 0.0561. The molecule has 0 saturated carbocycles. The Morgan fingerprint density at radius 3 is 2.38 bits per heavy atom. The standard InChI is InChI=1S/C21H28N2O6/c1-14(24)27-13-21(3,4)29-20(26)23-12-16(10-11-22(5)6)19-17(23)8-7-9-18(19)28-15(2)25/h7-9,12H,10-11,13H2,1-6H3. The number of ether oxygens (including phenoxy) is 3. The number of carbonyl (C=O) groups excluding carboxylic acids is 3. The fraction of sp³-hybridized carbons (Fsp3) is 0.476. The zero-order valence-corrected chi connectivity index (χ0v) is 17.8. The number of fused-ring (bicyclic) bond motifs is 1. The molecule has 0 fully saturated rings. The Labute approximate surface area is 170 Å². The molecule has 0 aliphatic rings. The van der Waals surface area contributed by atoms with E-state index < -0.39 is 23.6 Å². The van der Waals surface area contributed by atoms with Gasteiger partial charge in [-0.3, -0.25) is 14.2 Å². The third kappa shape index (κ3) is 6.05. The van der Waals surface area contributed by atoms with Crippen LogP contribution in [0.2, 0.25) is 0 Å². The Hall–Kier alpha value is -2.87. The van der Waals surface area contributed by atoms with Gasteiger partial charge < -0.3 is 19.1 Å². The lowest BCUT2D eigenvalue weighted by molar-refractivity contribution is -0.147. The first-order chi connectivity index (χ1) is 13.5. The number of aromatic nitrogens is 1. The predicted molar refractivity (Wildman–Crippen MR) is 108 cm³/mol. The monoisotopic (exact) mass is 404 g/mol. The molecule has 0 atom stereocenters. The van der Waals surface area contributed by atoms with Crippen LogP contribution in [0.25, 0.3) is 10.9 Å². The number of benzene rings is 1. The van der Waals surface area contributed by atoms with Crippen LogP contribution in [0.1, 0.15) is 33.3 Å². The van der Waals surface area contributed by atoms with E-state index in [1.165, 1.54) is 18.4 Å². The van der Waals surface area contributed by atoms with Crippen LogP contribution in [0.4, 0.5) is 4.79 Å². The third-order valence-corrected chi connectivity index (χ3v) is 4.14. The molecule has 0 amide bonds. The van der Waals surface area contributed by atoms with Gasteiger partial charge in [-0.2, -0.15) is 0 Å². The average Bonchev–Trinajstić information content (AvgIpc) is 2.97. The van der Waals surface area contributed by atoms with E-state index in [1.807, 2.05) is 19.0 Å². The van der Waals surface area contributed by atoms with Gasteiger partial charge in [0.2, 0.25) is 0 Å². The van der Waals surface area contributed by atoms with Gasteiger partial charge in [0, 0.05) is 32.0 Å². The van der Waals surface area contributed by atoms with Crippen molar-refractivity contribution in [1.29, 1.82) is 0 Å². The summed E-state index contributed by atoms with van der Waals surface area (Å²) in [5.41, 5.74) is 0.433. The molecule has 0 radical (unpaired) electrons. The topological polar surface area (TPSA) is 87.1 Å². The maximum absolute atomic E-state index is 12.9. The molecule has 8 heteroatoms. The molecule has 1 heterocycles. The van der Waals surface area contributed by atoms with E-state index in [4.69, 9.17) is 14.2 Å². The van der Waals surface area contributed by atoms with Crippen molar-refractivity contribution < 1.29 is 28.6 Å². The Bertz CT molecular complexity index is 913. The highest BCUT2D eigenvalue weighted by Crippen LogP contribution is 2.32. The van der Waals surface area contributed by atoms with Crippen LogP contribution in [-0.4, -0.2) is 60.3 Å². The van der Waals surface area contributed by atoms with E-state index in [9.17, 15) is 14.4 Å². The number of carbonyl (C=O) groups is 3. The summed E-state index contributed by atoms with van der Waals surface area (Å²) in [5, 5.41) is 0.694. The minimum atomic E-state index is -1.00. The van der Waals surface area contributed by atoms with E-state index in [0.29, 0.717) is 23.1 Å². The molecule has 2 rings (SSSR count). The first-order valence-electron chi connectivity index (χ1n) is 9.33. The zero-order valence-electron chi connectivity index (χ0n) is 17.8. The molecular formula is C21H28N2O6. The van der Waals surface area contributed by atoms with Crippen LogP contribution in [0.3, 0.4) is 0 Å². The quantitative estimate of drug-likeness (QED) is 0.518. The second-order valence-electron chi connectivity index (χ2n) is 7.73. The lowest BCUT2D eigenvalue weighted by atomic mass is 10.1. The van der Waals surface area contributed by atoms with Crippen LogP contribution in [0, 0.1) is 0 Å². The highest BCUT2D eigenvalue weighted by molar-refractivity contribution is 5.97. The van der Waals surface area contributed by atoms with Gasteiger partial charge in [-0.05, 0) is 52.1 Å². The van der Waals surface area contributed by atoms with Crippen molar-refractivity contribution in [1.82, 2.24) is 9.47 Å². The van der Waals surface area contributed by atoms with Crippen molar-refractivity contribution in [3.63, 3.8) is 0 Å². The maximum atomic E-state index is 12.9. The number of rotatable bonds is 7. The van der Waals surface area contributed by atoms with Gasteiger partial charge in [-0.1, -0.05) is 6.07 Å². The van der Waals surface area contributed by atoms with Crippen LogP contribution >= 0.6 is 0 Å². The smallest absolute Gasteiger partial charge is 0.419 e. The van der Waals surface area contributed by atoms with Crippen molar-refractivity contribution in [2.75, 3.05) is 27.2 Å². The number of nitrogens with zero attached hydrogens (tertiary/aromatic N) is 2. The number of hydrogen-bond donors (Lipinski definition) is 0. The normalized spacial score (nSPS) is 11.6. The van der Waals surface area contributed by atoms with Crippen LogP contribution in [-0.2, 0) is 25.5 Å². The molecule has 2 aromatic rings.